The van der Waals surface area contributed by atoms with E-state index in [9.17, 15) is 4.79 Å². The first kappa shape index (κ1) is 12.0. The van der Waals surface area contributed by atoms with Crippen molar-refractivity contribution in [3.8, 4) is 0 Å². The van der Waals surface area contributed by atoms with Gasteiger partial charge in [-0.1, -0.05) is 50.1 Å². The second-order valence-electron chi connectivity index (χ2n) is 6.16. The number of nitrogens with zero attached hydrogens (tertiary/aromatic N) is 1. The number of amides is 1. The molecule has 1 aliphatic rings. The van der Waals surface area contributed by atoms with E-state index in [4.69, 9.17) is 0 Å². The molecule has 2 nitrogen and oxygen atoms in total. The summed E-state index contributed by atoms with van der Waals surface area (Å²) in [5.41, 5.74) is 0.00596. The lowest BCUT2D eigenvalue weighted by Gasteiger charge is -2.50. The van der Waals surface area contributed by atoms with Crippen LogP contribution >= 0.6 is 8.58 Å². The summed E-state index contributed by atoms with van der Waals surface area (Å²) in [4.78, 5) is 14.1. The molecule has 0 radical (unpaired) electrons. The summed E-state index contributed by atoms with van der Waals surface area (Å²) in [5, 5.41) is 0. The van der Waals surface area contributed by atoms with E-state index in [2.05, 4.69) is 25.7 Å². The zero-order valence-electron chi connectivity index (χ0n) is 10.1. The monoisotopic (exact) mass is 215 g/mol. The summed E-state index contributed by atoms with van der Waals surface area (Å²) in [6, 6.07) is 0. The fourth-order valence-corrected chi connectivity index (χ4v) is 3.09. The van der Waals surface area contributed by atoms with Gasteiger partial charge in [0.2, 0.25) is 5.91 Å². The molecule has 0 aromatic carbocycles. The Morgan fingerprint density at radius 1 is 1.21 bits per heavy atom. The molecule has 1 saturated heterocycles. The van der Waals surface area contributed by atoms with Crippen LogP contribution in [0.3, 0.4) is 0 Å². The van der Waals surface area contributed by atoms with Crippen LogP contribution in [0.5, 0.6) is 0 Å². The molecule has 82 valence electrons. The molecule has 1 heterocycles. The van der Waals surface area contributed by atoms with Crippen LogP contribution in [-0.4, -0.2) is 22.9 Å². The van der Waals surface area contributed by atoms with E-state index in [1.807, 2.05) is 20.8 Å². The predicted octanol–water partition coefficient (Wildman–Crippen LogP) is 2.88. The van der Waals surface area contributed by atoms with Crippen LogP contribution in [0, 0.1) is 10.8 Å². The maximum Gasteiger partial charge on any atom is 0.228 e. The third kappa shape index (κ3) is 2.28. The summed E-state index contributed by atoms with van der Waals surface area (Å²) >= 11 is 0. The molecule has 0 aromatic rings. The van der Waals surface area contributed by atoms with Gasteiger partial charge in [0.15, 0.2) is 0 Å². The molecule has 0 aromatic heterocycles. The second kappa shape index (κ2) is 3.48. The van der Waals surface area contributed by atoms with Crippen LogP contribution in [0.25, 0.3) is 0 Å². The molecule has 0 bridgehead atoms. The molecule has 2 atom stereocenters. The van der Waals surface area contributed by atoms with Crippen LogP contribution in [0.2, 0.25) is 0 Å². The van der Waals surface area contributed by atoms with Crippen molar-refractivity contribution in [1.82, 2.24) is 4.90 Å². The fraction of sp³-hybridized carbons (Fsp3) is 0.909. The maximum absolute atomic E-state index is 12.0. The molecule has 0 aliphatic carbocycles. The highest BCUT2D eigenvalue weighted by Gasteiger charge is 2.42. The van der Waals surface area contributed by atoms with Crippen molar-refractivity contribution in [3.05, 3.63) is 0 Å². The number of carbonyl (C=O) groups is 1. The molecule has 14 heavy (non-hydrogen) atoms. The van der Waals surface area contributed by atoms with Crippen molar-refractivity contribution < 1.29 is 4.79 Å². The Kier molecular flexibility index (Phi) is 2.98. The quantitative estimate of drug-likeness (QED) is 0.569. The molecule has 0 spiro atoms. The first-order valence-electron chi connectivity index (χ1n) is 5.18. The molecule has 1 aliphatic heterocycles. The van der Waals surface area contributed by atoms with Gasteiger partial charge in [-0.2, -0.15) is 0 Å². The summed E-state index contributed by atoms with van der Waals surface area (Å²) in [5.74, 6) is 0.769. The molecule has 1 fully saturated rings. The molecule has 0 saturated carbocycles. The van der Waals surface area contributed by atoms with Crippen molar-refractivity contribution in [2.75, 3.05) is 6.29 Å². The van der Waals surface area contributed by atoms with Gasteiger partial charge in [-0.25, -0.2) is 0 Å². The molecular weight excluding hydrogens is 193 g/mol. The Balaban J connectivity index is 2.69. The lowest BCUT2D eigenvalue weighted by atomic mass is 9.91. The highest BCUT2D eigenvalue weighted by molar-refractivity contribution is 7.40. The zero-order valence-corrected chi connectivity index (χ0v) is 11.1. The standard InChI is InChI=1S/C11H22NOP/c1-10(2,3)8(13)12-7-14-9(12)11(4,5)6/h9,14H,7H2,1-6H3. The van der Waals surface area contributed by atoms with Crippen LogP contribution in [-0.2, 0) is 4.79 Å². The van der Waals surface area contributed by atoms with Crippen LogP contribution < -0.4 is 0 Å². The van der Waals surface area contributed by atoms with E-state index in [1.165, 1.54) is 0 Å². The van der Waals surface area contributed by atoms with E-state index in [-0.39, 0.29) is 10.8 Å². The molecular formula is C11H22NOP. The summed E-state index contributed by atoms with van der Waals surface area (Å²) < 4.78 is 0. The molecule has 2 unspecified atom stereocenters. The molecule has 0 N–H and O–H groups in total. The number of hydrogen-bond acceptors (Lipinski definition) is 1. The van der Waals surface area contributed by atoms with Crippen LogP contribution in [0.1, 0.15) is 41.5 Å². The van der Waals surface area contributed by atoms with Gasteiger partial charge in [-0.15, -0.1) is 0 Å². The molecule has 3 heteroatoms. The lowest BCUT2D eigenvalue weighted by molar-refractivity contribution is -0.142. The number of hydrogen-bond donors (Lipinski definition) is 0. The van der Waals surface area contributed by atoms with Gasteiger partial charge >= 0.3 is 0 Å². The van der Waals surface area contributed by atoms with Gasteiger partial charge < -0.3 is 4.90 Å². The summed E-state index contributed by atoms with van der Waals surface area (Å²) in [6.45, 7) is 12.6. The van der Waals surface area contributed by atoms with E-state index >= 15 is 0 Å². The van der Waals surface area contributed by atoms with Gasteiger partial charge in [0.05, 0.1) is 5.78 Å². The summed E-state index contributed by atoms with van der Waals surface area (Å²) in [6.07, 6.45) is 0.970. The van der Waals surface area contributed by atoms with Crippen molar-refractivity contribution in [1.29, 1.82) is 0 Å². The zero-order chi connectivity index (χ0) is 11.1. The Labute approximate surface area is 89.2 Å². The Morgan fingerprint density at radius 2 is 1.71 bits per heavy atom. The SMILES string of the molecule is CC(C)(C)C(=O)N1CPC1C(C)(C)C. The Hall–Kier alpha value is -0.100. The van der Waals surface area contributed by atoms with Crippen molar-refractivity contribution >= 4 is 14.5 Å². The third-order valence-electron chi connectivity index (χ3n) is 2.49. The topological polar surface area (TPSA) is 20.3 Å². The molecule has 1 amide bonds. The number of carbonyl (C=O) groups excluding carboxylic acids is 1. The number of rotatable bonds is 0. The van der Waals surface area contributed by atoms with E-state index < -0.39 is 0 Å². The predicted molar refractivity (Wildman–Crippen MR) is 62.7 cm³/mol. The van der Waals surface area contributed by atoms with Gasteiger partial charge in [-0.3, -0.25) is 4.79 Å². The van der Waals surface area contributed by atoms with Gasteiger partial charge in [0.1, 0.15) is 0 Å². The minimum absolute atomic E-state index is 0.228. The van der Waals surface area contributed by atoms with Crippen LogP contribution in [0.15, 0.2) is 0 Å². The largest absolute Gasteiger partial charge is 0.331 e. The van der Waals surface area contributed by atoms with Crippen molar-refractivity contribution in [2.24, 2.45) is 10.8 Å². The highest BCUT2D eigenvalue weighted by atomic mass is 31.1. The van der Waals surface area contributed by atoms with Crippen molar-refractivity contribution in [2.45, 2.75) is 47.3 Å². The maximum atomic E-state index is 12.0. The van der Waals surface area contributed by atoms with E-state index in [0.29, 0.717) is 11.7 Å². The van der Waals surface area contributed by atoms with Gasteiger partial charge in [0.25, 0.3) is 0 Å². The second-order valence-corrected chi connectivity index (χ2v) is 7.43. The third-order valence-corrected chi connectivity index (χ3v) is 4.58. The van der Waals surface area contributed by atoms with Crippen LogP contribution in [0.4, 0.5) is 0 Å². The van der Waals surface area contributed by atoms with Crippen molar-refractivity contribution in [3.63, 3.8) is 0 Å². The highest BCUT2D eigenvalue weighted by Crippen LogP contribution is 2.47. The average Bonchev–Trinajstić information content (AvgIpc) is 1.77. The lowest BCUT2D eigenvalue weighted by Crippen LogP contribution is -2.54. The normalized spacial score (nSPS) is 25.0. The van der Waals surface area contributed by atoms with Gasteiger partial charge in [0, 0.05) is 11.7 Å². The Morgan fingerprint density at radius 3 is 1.93 bits per heavy atom. The van der Waals surface area contributed by atoms with Gasteiger partial charge in [-0.05, 0) is 5.41 Å². The minimum Gasteiger partial charge on any atom is -0.331 e. The van der Waals surface area contributed by atoms with E-state index in [1.54, 1.807) is 0 Å². The minimum atomic E-state index is -0.228. The first-order chi connectivity index (χ1) is 6.14. The first-order valence-corrected chi connectivity index (χ1v) is 6.47. The fourth-order valence-electron chi connectivity index (χ4n) is 1.67. The van der Waals surface area contributed by atoms with E-state index in [0.717, 1.165) is 14.9 Å². The Bertz CT molecular complexity index is 237. The average molecular weight is 215 g/mol. The smallest absolute Gasteiger partial charge is 0.228 e. The summed E-state index contributed by atoms with van der Waals surface area (Å²) in [7, 11) is 0.921. The molecule has 1 rings (SSSR count).